The summed E-state index contributed by atoms with van der Waals surface area (Å²) in [6.45, 7) is -0.150. The summed E-state index contributed by atoms with van der Waals surface area (Å²) in [6.07, 6.45) is 0. The minimum absolute atomic E-state index is 0.0754. The number of rotatable bonds is 8. The average Bonchev–Trinajstić information content (AvgIpc) is 2.38. The van der Waals surface area contributed by atoms with E-state index in [0.29, 0.717) is 18.0 Å². The zero-order valence-electron chi connectivity index (χ0n) is 9.94. The van der Waals surface area contributed by atoms with Crippen LogP contribution in [-0.2, 0) is 23.4 Å². The first-order valence-electron chi connectivity index (χ1n) is 4.94. The number of sulfone groups is 1. The highest BCUT2D eigenvalue weighted by Gasteiger charge is 2.16. The van der Waals surface area contributed by atoms with Gasteiger partial charge in [-0.05, 0) is 12.1 Å². The maximum absolute atomic E-state index is 11.9. The second-order valence-electron chi connectivity index (χ2n) is 3.26. The Hall–Kier alpha value is -1.04. The van der Waals surface area contributed by atoms with Crippen LogP contribution in [0.2, 0.25) is 0 Å². The Labute approximate surface area is 114 Å². The molecule has 1 aromatic rings. The summed E-state index contributed by atoms with van der Waals surface area (Å²) in [5.41, 5.74) is 5.95. The van der Waals surface area contributed by atoms with Gasteiger partial charge in [0.25, 0.3) is 0 Å². The van der Waals surface area contributed by atoms with Gasteiger partial charge in [0.1, 0.15) is 5.75 Å². The summed E-state index contributed by atoms with van der Waals surface area (Å²) in [7, 11) is -2.13. The lowest BCUT2D eigenvalue weighted by atomic mass is 10.3. The zero-order chi connectivity index (χ0) is 14.3. The summed E-state index contributed by atoms with van der Waals surface area (Å²) in [5.74, 6) is 0.00961. The lowest BCUT2D eigenvalue weighted by molar-refractivity contribution is -0.434. The van der Waals surface area contributed by atoms with E-state index in [1.807, 2.05) is 0 Å². The van der Waals surface area contributed by atoms with Gasteiger partial charge in [0.2, 0.25) is 0 Å². The van der Waals surface area contributed by atoms with Crippen molar-refractivity contribution in [1.29, 1.82) is 0 Å². The Balaban J connectivity index is 2.67. The molecule has 0 saturated carbocycles. The van der Waals surface area contributed by atoms with Gasteiger partial charge in [-0.25, -0.2) is 13.7 Å². The number of nitrogens with two attached hydrogens (primary N) is 1. The van der Waals surface area contributed by atoms with Crippen LogP contribution in [0.4, 0.5) is 5.69 Å². The van der Waals surface area contributed by atoms with Gasteiger partial charge in [-0.1, -0.05) is 5.04 Å². The van der Waals surface area contributed by atoms with Crippen LogP contribution in [-0.4, -0.2) is 33.1 Å². The van der Waals surface area contributed by atoms with Gasteiger partial charge in [-0.15, -0.1) is 4.33 Å². The molecular formula is C9H13NO7S2. The number of hydrogen-bond acceptors (Lipinski definition) is 9. The van der Waals surface area contributed by atoms with Crippen molar-refractivity contribution in [3.63, 3.8) is 0 Å². The highest BCUT2D eigenvalue weighted by molar-refractivity contribution is 7.91. The van der Waals surface area contributed by atoms with Crippen molar-refractivity contribution in [2.75, 3.05) is 25.2 Å². The first-order valence-corrected chi connectivity index (χ1v) is 7.26. The molecule has 0 unspecified atom stereocenters. The highest BCUT2D eigenvalue weighted by Crippen LogP contribution is 2.25. The maximum atomic E-state index is 11.9. The lowest BCUT2D eigenvalue weighted by Crippen LogP contribution is -2.11. The smallest absolute Gasteiger partial charge is 0.197 e. The van der Waals surface area contributed by atoms with Crippen LogP contribution in [0.3, 0.4) is 0 Å². The van der Waals surface area contributed by atoms with Crippen molar-refractivity contribution in [3.05, 3.63) is 18.2 Å². The van der Waals surface area contributed by atoms with E-state index in [2.05, 4.69) is 13.6 Å². The second-order valence-corrected chi connectivity index (χ2v) is 5.87. The Morgan fingerprint density at radius 2 is 2.16 bits per heavy atom. The van der Waals surface area contributed by atoms with Crippen molar-refractivity contribution in [2.24, 2.45) is 0 Å². The fourth-order valence-electron chi connectivity index (χ4n) is 1.21. The third kappa shape index (κ3) is 4.86. The monoisotopic (exact) mass is 311 g/mol. The lowest BCUT2D eigenvalue weighted by Gasteiger charge is -2.08. The van der Waals surface area contributed by atoms with Gasteiger partial charge in [0.15, 0.2) is 22.2 Å². The largest absolute Gasteiger partial charge is 0.495 e. The number of methoxy groups -OCH3 is 1. The number of hydrogen-bond donors (Lipinski definition) is 2. The second kappa shape index (κ2) is 7.53. The van der Waals surface area contributed by atoms with E-state index >= 15 is 0 Å². The molecule has 0 radical (unpaired) electrons. The molecule has 0 spiro atoms. The van der Waals surface area contributed by atoms with Gasteiger partial charge in [-0.3, -0.25) is 4.18 Å². The molecule has 19 heavy (non-hydrogen) atoms. The van der Waals surface area contributed by atoms with E-state index in [4.69, 9.17) is 15.7 Å². The number of benzene rings is 1. The fraction of sp³-hybridized carbons (Fsp3) is 0.333. The van der Waals surface area contributed by atoms with Gasteiger partial charge >= 0.3 is 0 Å². The molecule has 0 heterocycles. The molecule has 10 heteroatoms. The fourth-order valence-corrected chi connectivity index (χ4v) is 2.63. The highest BCUT2D eigenvalue weighted by atomic mass is 32.2. The summed E-state index contributed by atoms with van der Waals surface area (Å²) in [4.78, 5) is 0.0754. The van der Waals surface area contributed by atoms with Crippen LogP contribution >= 0.6 is 12.3 Å². The van der Waals surface area contributed by atoms with Gasteiger partial charge in [0.05, 0.1) is 30.1 Å². The summed E-state index contributed by atoms with van der Waals surface area (Å²) >= 11 is 0.318. The predicted octanol–water partition coefficient (Wildman–Crippen LogP) is 1.05. The SMILES string of the molecule is COc1cc(S(=O)(=O)CCOSOOO)ccc1N. The van der Waals surface area contributed by atoms with E-state index in [1.165, 1.54) is 25.3 Å². The van der Waals surface area contributed by atoms with Crippen molar-refractivity contribution in [3.8, 4) is 5.75 Å². The van der Waals surface area contributed by atoms with Crippen LogP contribution in [0.15, 0.2) is 23.1 Å². The molecule has 1 aromatic carbocycles. The van der Waals surface area contributed by atoms with Gasteiger partial charge in [0, 0.05) is 6.07 Å². The Kier molecular flexibility index (Phi) is 6.34. The molecule has 0 bridgehead atoms. The minimum atomic E-state index is -3.53. The molecule has 0 aromatic heterocycles. The van der Waals surface area contributed by atoms with Crippen LogP contribution in [0.25, 0.3) is 0 Å². The number of anilines is 1. The molecule has 108 valence electrons. The first kappa shape index (κ1) is 16.0. The van der Waals surface area contributed by atoms with E-state index in [9.17, 15) is 8.42 Å². The molecule has 0 amide bonds. The summed E-state index contributed by atoms with van der Waals surface area (Å²) in [5, 5.41) is 11.1. The molecule has 0 atom stereocenters. The average molecular weight is 311 g/mol. The number of ether oxygens (including phenoxy) is 1. The molecule has 0 aliphatic heterocycles. The first-order chi connectivity index (χ1) is 9.01. The maximum Gasteiger partial charge on any atom is 0.197 e. The topological polar surface area (TPSA) is 117 Å². The Bertz CT molecular complexity index is 505. The molecular weight excluding hydrogens is 298 g/mol. The molecule has 0 aliphatic carbocycles. The number of nitrogen functional groups attached to an aromatic ring is 1. The Morgan fingerprint density at radius 1 is 1.42 bits per heavy atom. The molecule has 0 fully saturated rings. The van der Waals surface area contributed by atoms with Crippen molar-refractivity contribution >= 4 is 27.8 Å². The van der Waals surface area contributed by atoms with Crippen molar-refractivity contribution in [1.82, 2.24) is 0 Å². The quantitative estimate of drug-likeness (QED) is 0.239. The summed E-state index contributed by atoms with van der Waals surface area (Å²) < 4.78 is 37.4. The summed E-state index contributed by atoms with van der Waals surface area (Å²) in [6, 6.07) is 4.17. The molecule has 8 nitrogen and oxygen atoms in total. The van der Waals surface area contributed by atoms with Crippen LogP contribution in [0.1, 0.15) is 0 Å². The zero-order valence-corrected chi connectivity index (χ0v) is 11.6. The predicted molar refractivity (Wildman–Crippen MR) is 67.8 cm³/mol. The third-order valence-electron chi connectivity index (χ3n) is 2.11. The Morgan fingerprint density at radius 3 is 2.79 bits per heavy atom. The van der Waals surface area contributed by atoms with E-state index in [1.54, 1.807) is 0 Å². The standard InChI is InChI=1S/C9H13NO7S2/c1-14-9-6-7(2-3-8(9)10)19(12,13)5-4-15-18-17-16-11/h2-3,6,11H,4-5,10H2,1H3. The van der Waals surface area contributed by atoms with E-state index in [0.717, 1.165) is 0 Å². The van der Waals surface area contributed by atoms with Crippen molar-refractivity contribution < 1.29 is 32.0 Å². The van der Waals surface area contributed by atoms with Crippen LogP contribution < -0.4 is 10.5 Å². The minimum Gasteiger partial charge on any atom is -0.495 e. The van der Waals surface area contributed by atoms with Crippen LogP contribution in [0.5, 0.6) is 5.75 Å². The van der Waals surface area contributed by atoms with E-state index < -0.39 is 9.84 Å². The van der Waals surface area contributed by atoms with Crippen LogP contribution in [0, 0.1) is 0 Å². The molecule has 0 saturated heterocycles. The molecule has 1 rings (SSSR count). The normalized spacial score (nSPS) is 11.5. The van der Waals surface area contributed by atoms with Gasteiger partial charge in [-0.2, -0.15) is 0 Å². The third-order valence-corrected chi connectivity index (χ3v) is 4.16. The van der Waals surface area contributed by atoms with Crippen molar-refractivity contribution in [2.45, 2.75) is 4.90 Å². The van der Waals surface area contributed by atoms with Gasteiger partial charge < -0.3 is 10.5 Å². The molecule has 0 aliphatic rings. The molecule has 3 N–H and O–H groups in total. The van der Waals surface area contributed by atoms with E-state index in [-0.39, 0.29) is 23.0 Å².